The van der Waals surface area contributed by atoms with Gasteiger partial charge in [-0.2, -0.15) is 0 Å². The summed E-state index contributed by atoms with van der Waals surface area (Å²) >= 11 is 1.94. The highest BCUT2D eigenvalue weighted by molar-refractivity contribution is 8.03. The molecule has 0 spiro atoms. The Morgan fingerprint density at radius 1 is 1.10 bits per heavy atom. The van der Waals surface area contributed by atoms with Crippen molar-refractivity contribution in [2.75, 3.05) is 39.4 Å². The summed E-state index contributed by atoms with van der Waals surface area (Å²) < 4.78 is 5.50. The lowest BCUT2D eigenvalue weighted by Gasteiger charge is -2.32. The first-order chi connectivity index (χ1) is 14.2. The second-order valence-electron chi connectivity index (χ2n) is 8.03. The summed E-state index contributed by atoms with van der Waals surface area (Å²) in [6.45, 7) is 12.9. The van der Waals surface area contributed by atoms with E-state index >= 15 is 0 Å². The molecule has 1 saturated heterocycles. The summed E-state index contributed by atoms with van der Waals surface area (Å²) in [6.07, 6.45) is 2.38. The molecular formula is C25H28N2OS. The Balaban J connectivity index is 1.44. The number of nitrogens with zero attached hydrogens (tertiary/aromatic N) is 2. The van der Waals surface area contributed by atoms with Crippen LogP contribution in [0.2, 0.25) is 0 Å². The zero-order chi connectivity index (χ0) is 19.8. The number of ether oxygens (including phenoxy) is 1. The Bertz CT molecular complexity index is 984. The summed E-state index contributed by atoms with van der Waals surface area (Å²) in [5, 5.41) is 5.30. The van der Waals surface area contributed by atoms with Gasteiger partial charge in [0.05, 0.1) is 24.5 Å². The van der Waals surface area contributed by atoms with Gasteiger partial charge < -0.3 is 9.64 Å². The van der Waals surface area contributed by atoms with Crippen molar-refractivity contribution in [3.63, 3.8) is 0 Å². The summed E-state index contributed by atoms with van der Waals surface area (Å²) in [5.41, 5.74) is 5.25. The second-order valence-corrected chi connectivity index (χ2v) is 9.08. The molecule has 3 aliphatic heterocycles. The van der Waals surface area contributed by atoms with E-state index in [1.165, 1.54) is 33.2 Å². The topological polar surface area (TPSA) is 15.7 Å². The van der Waals surface area contributed by atoms with Crippen LogP contribution in [0.5, 0.6) is 0 Å². The van der Waals surface area contributed by atoms with E-state index in [1.54, 1.807) is 0 Å². The highest BCUT2D eigenvalue weighted by atomic mass is 32.2. The molecule has 2 atom stereocenters. The minimum atomic E-state index is 0.447. The third-order valence-corrected chi connectivity index (χ3v) is 7.60. The van der Waals surface area contributed by atoms with Gasteiger partial charge in [-0.25, -0.2) is 0 Å². The molecule has 3 aliphatic rings. The molecule has 3 heterocycles. The maximum absolute atomic E-state index is 5.50. The predicted octanol–water partition coefficient (Wildman–Crippen LogP) is 4.77. The minimum Gasteiger partial charge on any atom is -0.379 e. The fourth-order valence-electron chi connectivity index (χ4n) is 4.90. The molecule has 0 aromatic heterocycles. The van der Waals surface area contributed by atoms with Crippen molar-refractivity contribution in [1.29, 1.82) is 0 Å². The molecule has 0 radical (unpaired) electrons. The fraction of sp³-hybridized carbons (Fsp3) is 0.360. The lowest BCUT2D eigenvalue weighted by molar-refractivity contribution is 0.0344. The van der Waals surface area contributed by atoms with Gasteiger partial charge in [0.1, 0.15) is 0 Å². The molecular weight excluding hydrogens is 376 g/mol. The van der Waals surface area contributed by atoms with E-state index in [9.17, 15) is 0 Å². The Hall–Kier alpha value is -2.01. The van der Waals surface area contributed by atoms with Crippen LogP contribution in [0.3, 0.4) is 0 Å². The van der Waals surface area contributed by atoms with Crippen LogP contribution in [0, 0.1) is 0 Å². The molecule has 1 fully saturated rings. The Kier molecular flexibility index (Phi) is 5.25. The molecule has 4 heteroatoms. The molecule has 2 unspecified atom stereocenters. The van der Waals surface area contributed by atoms with E-state index < -0.39 is 0 Å². The van der Waals surface area contributed by atoms with E-state index in [0.717, 1.165) is 39.4 Å². The molecule has 0 saturated carbocycles. The lowest BCUT2D eigenvalue weighted by Crippen LogP contribution is -2.42. The molecule has 29 heavy (non-hydrogen) atoms. The second kappa shape index (κ2) is 8.02. The van der Waals surface area contributed by atoms with Gasteiger partial charge in [-0.15, -0.1) is 11.8 Å². The number of thioether (sulfide) groups is 1. The molecule has 5 rings (SSSR count). The summed E-state index contributed by atoms with van der Waals surface area (Å²) in [5.74, 6) is 0. The standard InChI is InChI=1S/C25H28N2OS/c1-18(21-9-5-7-20-6-3-4-8-22(20)21)24-19(2)27(23-10-17-29-25(23)24)12-11-26-13-15-28-16-14-26/h3-10,17,23,25H,1,11-16H2,2H3. The van der Waals surface area contributed by atoms with Gasteiger partial charge in [0, 0.05) is 31.9 Å². The van der Waals surface area contributed by atoms with E-state index in [4.69, 9.17) is 4.74 Å². The van der Waals surface area contributed by atoms with E-state index in [-0.39, 0.29) is 0 Å². The SMILES string of the molecule is C=C(C1=C(C)N(CCN2CCOCC2)C2C=CSC12)c1cccc2ccccc12. The van der Waals surface area contributed by atoms with Crippen LogP contribution in [0.1, 0.15) is 12.5 Å². The van der Waals surface area contributed by atoms with Gasteiger partial charge in [0.25, 0.3) is 0 Å². The maximum atomic E-state index is 5.50. The number of morpholine rings is 1. The average molecular weight is 405 g/mol. The van der Waals surface area contributed by atoms with E-state index in [2.05, 4.69) is 77.3 Å². The van der Waals surface area contributed by atoms with Gasteiger partial charge in [-0.3, -0.25) is 4.90 Å². The number of fused-ring (bicyclic) bond motifs is 2. The van der Waals surface area contributed by atoms with Crippen LogP contribution >= 0.6 is 11.8 Å². The third kappa shape index (κ3) is 3.43. The summed E-state index contributed by atoms with van der Waals surface area (Å²) in [7, 11) is 0. The summed E-state index contributed by atoms with van der Waals surface area (Å²) in [6, 6.07) is 15.6. The van der Waals surface area contributed by atoms with Crippen molar-refractivity contribution in [2.24, 2.45) is 0 Å². The number of rotatable bonds is 5. The zero-order valence-electron chi connectivity index (χ0n) is 17.0. The van der Waals surface area contributed by atoms with Crippen LogP contribution in [-0.2, 0) is 4.74 Å². The Morgan fingerprint density at radius 2 is 1.90 bits per heavy atom. The predicted molar refractivity (Wildman–Crippen MR) is 124 cm³/mol. The first-order valence-electron chi connectivity index (χ1n) is 10.5. The smallest absolute Gasteiger partial charge is 0.0642 e. The fourth-order valence-corrected chi connectivity index (χ4v) is 6.17. The first-order valence-corrected chi connectivity index (χ1v) is 11.5. The van der Waals surface area contributed by atoms with Crippen molar-refractivity contribution in [3.8, 4) is 0 Å². The first kappa shape index (κ1) is 19.0. The minimum absolute atomic E-state index is 0.447. The van der Waals surface area contributed by atoms with Crippen LogP contribution in [0.4, 0.5) is 0 Å². The van der Waals surface area contributed by atoms with Crippen molar-refractivity contribution >= 4 is 28.1 Å². The number of hydrogen-bond acceptors (Lipinski definition) is 4. The molecule has 0 aliphatic carbocycles. The Morgan fingerprint density at radius 3 is 2.76 bits per heavy atom. The Labute approximate surface area is 177 Å². The summed E-state index contributed by atoms with van der Waals surface area (Å²) in [4.78, 5) is 5.12. The zero-order valence-corrected chi connectivity index (χ0v) is 17.8. The number of benzene rings is 2. The average Bonchev–Trinajstić information content (AvgIpc) is 3.32. The normalized spacial score (nSPS) is 24.5. The van der Waals surface area contributed by atoms with Crippen molar-refractivity contribution in [3.05, 3.63) is 77.4 Å². The molecule has 0 amide bonds. The number of allylic oxidation sites excluding steroid dienone is 2. The van der Waals surface area contributed by atoms with Gasteiger partial charge in [-0.05, 0) is 39.8 Å². The molecule has 0 N–H and O–H groups in total. The molecule has 3 nitrogen and oxygen atoms in total. The van der Waals surface area contributed by atoms with Crippen LogP contribution in [0.15, 0.2) is 71.8 Å². The number of hydrogen-bond donors (Lipinski definition) is 0. The monoisotopic (exact) mass is 404 g/mol. The van der Waals surface area contributed by atoms with Gasteiger partial charge in [0.2, 0.25) is 0 Å². The van der Waals surface area contributed by atoms with Crippen LogP contribution in [0.25, 0.3) is 16.3 Å². The molecule has 2 aromatic rings. The van der Waals surface area contributed by atoms with E-state index in [0.29, 0.717) is 11.3 Å². The van der Waals surface area contributed by atoms with Crippen LogP contribution < -0.4 is 0 Å². The molecule has 0 bridgehead atoms. The quantitative estimate of drug-likeness (QED) is 0.713. The van der Waals surface area contributed by atoms with Gasteiger partial charge >= 0.3 is 0 Å². The third-order valence-electron chi connectivity index (χ3n) is 6.48. The lowest BCUT2D eigenvalue weighted by atomic mass is 9.92. The van der Waals surface area contributed by atoms with Gasteiger partial charge in [0.15, 0.2) is 0 Å². The van der Waals surface area contributed by atoms with Gasteiger partial charge in [-0.1, -0.05) is 55.1 Å². The molecule has 150 valence electrons. The van der Waals surface area contributed by atoms with Crippen LogP contribution in [-0.4, -0.2) is 60.5 Å². The highest BCUT2D eigenvalue weighted by Crippen LogP contribution is 2.47. The van der Waals surface area contributed by atoms with Crippen molar-refractivity contribution in [2.45, 2.75) is 18.2 Å². The van der Waals surface area contributed by atoms with Crippen molar-refractivity contribution < 1.29 is 4.74 Å². The maximum Gasteiger partial charge on any atom is 0.0642 e. The van der Waals surface area contributed by atoms with E-state index in [1.807, 2.05) is 11.8 Å². The molecule has 2 aromatic carbocycles. The largest absolute Gasteiger partial charge is 0.379 e. The van der Waals surface area contributed by atoms with Crippen molar-refractivity contribution in [1.82, 2.24) is 9.80 Å². The highest BCUT2D eigenvalue weighted by Gasteiger charge is 2.41.